The molecule has 7 heteroatoms. The van der Waals surface area contributed by atoms with Gasteiger partial charge < -0.3 is 15.8 Å². The average molecular weight is 432 g/mol. The van der Waals surface area contributed by atoms with Crippen molar-refractivity contribution in [2.45, 2.75) is 64.3 Å². The fourth-order valence-electron chi connectivity index (χ4n) is 4.21. The average Bonchev–Trinajstić information content (AvgIpc) is 2.64. The molecule has 0 radical (unpaired) electrons. The summed E-state index contributed by atoms with van der Waals surface area (Å²) in [6.07, 6.45) is 2.62. The van der Waals surface area contributed by atoms with Gasteiger partial charge in [0.05, 0.1) is 6.10 Å². The van der Waals surface area contributed by atoms with E-state index in [9.17, 15) is 4.79 Å². The summed E-state index contributed by atoms with van der Waals surface area (Å²) in [7, 11) is 0. The van der Waals surface area contributed by atoms with E-state index in [1.807, 2.05) is 26.8 Å². The highest BCUT2D eigenvalue weighted by Gasteiger charge is 2.63. The highest BCUT2D eigenvalue weighted by Crippen LogP contribution is 2.49. The molecule has 2 fully saturated rings. The molecule has 2 atom stereocenters. The van der Waals surface area contributed by atoms with E-state index in [1.165, 1.54) is 5.56 Å². The van der Waals surface area contributed by atoms with E-state index in [4.69, 9.17) is 10.5 Å². The maximum atomic E-state index is 12.8. The summed E-state index contributed by atoms with van der Waals surface area (Å²) in [5.74, 6) is -0.0139. The van der Waals surface area contributed by atoms with E-state index in [2.05, 4.69) is 34.5 Å². The van der Waals surface area contributed by atoms with Gasteiger partial charge in [0.2, 0.25) is 5.91 Å². The first-order valence-electron chi connectivity index (χ1n) is 9.84. The van der Waals surface area contributed by atoms with Gasteiger partial charge in [0.15, 0.2) is 0 Å². The molecule has 1 aliphatic carbocycles. The number of benzene rings is 1. The Morgan fingerprint density at radius 3 is 2.36 bits per heavy atom. The van der Waals surface area contributed by atoms with Gasteiger partial charge in [-0.05, 0) is 25.3 Å². The molecule has 5 nitrogen and oxygen atoms in total. The van der Waals surface area contributed by atoms with Gasteiger partial charge in [-0.3, -0.25) is 9.69 Å². The van der Waals surface area contributed by atoms with E-state index in [0.717, 1.165) is 32.5 Å². The first-order valence-corrected chi connectivity index (χ1v) is 9.84. The third-order valence-corrected chi connectivity index (χ3v) is 6.41. The number of carbonyl (C=O) groups excluding carboxylic acids is 1. The number of halogens is 2. The predicted octanol–water partition coefficient (Wildman–Crippen LogP) is 3.14. The molecule has 0 bridgehead atoms. The molecule has 1 aromatic rings. The Balaban J connectivity index is 0.00000196. The van der Waals surface area contributed by atoms with Gasteiger partial charge in [-0.15, -0.1) is 24.8 Å². The van der Waals surface area contributed by atoms with Crippen molar-refractivity contribution >= 4 is 30.7 Å². The van der Waals surface area contributed by atoms with Crippen LogP contribution in [-0.4, -0.2) is 48.2 Å². The molecular formula is C21H35Cl2N3O2. The van der Waals surface area contributed by atoms with Crippen molar-refractivity contribution in [3.05, 3.63) is 35.9 Å². The van der Waals surface area contributed by atoms with Crippen LogP contribution in [0.25, 0.3) is 0 Å². The Hall–Kier alpha value is -0.850. The molecule has 1 heterocycles. The molecule has 1 saturated heterocycles. The fraction of sp³-hybridized carbons (Fsp3) is 0.667. The minimum atomic E-state index is -0.825. The highest BCUT2D eigenvalue weighted by molar-refractivity contribution is 5.89. The van der Waals surface area contributed by atoms with Gasteiger partial charge in [-0.1, -0.05) is 44.2 Å². The second-order valence-corrected chi connectivity index (χ2v) is 8.35. The van der Waals surface area contributed by atoms with Crippen LogP contribution in [0.4, 0.5) is 0 Å². The second-order valence-electron chi connectivity index (χ2n) is 8.35. The molecule has 2 aliphatic rings. The number of nitrogens with two attached hydrogens (primary N) is 1. The van der Waals surface area contributed by atoms with Crippen molar-refractivity contribution in [3.8, 4) is 0 Å². The normalized spacial score (nSPS) is 27.1. The zero-order valence-corrected chi connectivity index (χ0v) is 18.8. The first-order chi connectivity index (χ1) is 12.4. The molecule has 3 rings (SSSR count). The van der Waals surface area contributed by atoms with Gasteiger partial charge in [0, 0.05) is 44.1 Å². The zero-order valence-electron chi connectivity index (χ0n) is 17.1. The van der Waals surface area contributed by atoms with E-state index in [-0.39, 0.29) is 48.3 Å². The highest BCUT2D eigenvalue weighted by atomic mass is 35.5. The smallest absolute Gasteiger partial charge is 0.241 e. The number of nitrogens with one attached hydrogen (secondary N) is 1. The number of carbonyl (C=O) groups is 1. The van der Waals surface area contributed by atoms with Crippen molar-refractivity contribution in [1.82, 2.24) is 10.2 Å². The van der Waals surface area contributed by atoms with Crippen molar-refractivity contribution < 1.29 is 9.53 Å². The number of nitrogens with zero attached hydrogens (tertiary/aromatic N) is 1. The Kier molecular flexibility index (Phi) is 9.23. The van der Waals surface area contributed by atoms with Gasteiger partial charge in [-0.2, -0.15) is 0 Å². The standard InChI is InChI=1S/C21H33N3O2.2ClH/c1-4-26-18-14-21(22,20(18,2)3)19(25)23-17-10-12-24(13-11-17)15-16-8-6-5-7-9-16;;/h5-9,17-18H,4,10-15,22H2,1-3H3,(H,23,25);2*1H. The lowest BCUT2D eigenvalue weighted by molar-refractivity contribution is -0.171. The van der Waals surface area contributed by atoms with E-state index < -0.39 is 5.54 Å². The summed E-state index contributed by atoms with van der Waals surface area (Å²) in [6.45, 7) is 9.70. The molecule has 3 N–H and O–H groups in total. The molecule has 0 aromatic heterocycles. The Bertz CT molecular complexity index is 621. The Morgan fingerprint density at radius 2 is 1.82 bits per heavy atom. The molecule has 160 valence electrons. The summed E-state index contributed by atoms with van der Waals surface area (Å²) >= 11 is 0. The second kappa shape index (κ2) is 10.3. The van der Waals surface area contributed by atoms with Crippen LogP contribution in [0.2, 0.25) is 0 Å². The largest absolute Gasteiger partial charge is 0.378 e. The molecule has 1 saturated carbocycles. The van der Waals surface area contributed by atoms with Crippen molar-refractivity contribution in [1.29, 1.82) is 0 Å². The molecule has 28 heavy (non-hydrogen) atoms. The number of amides is 1. The van der Waals surface area contributed by atoms with Crippen LogP contribution in [-0.2, 0) is 16.1 Å². The monoisotopic (exact) mass is 431 g/mol. The number of rotatable bonds is 6. The number of likely N-dealkylation sites (tertiary alicyclic amines) is 1. The third kappa shape index (κ3) is 5.00. The molecule has 0 spiro atoms. The lowest BCUT2D eigenvalue weighted by Crippen LogP contribution is -2.76. The quantitative estimate of drug-likeness (QED) is 0.725. The number of hydrogen-bond acceptors (Lipinski definition) is 4. The van der Waals surface area contributed by atoms with Crippen molar-refractivity contribution in [2.75, 3.05) is 19.7 Å². The SMILES string of the molecule is CCOC1CC(N)(C(=O)NC2CCN(Cc3ccccc3)CC2)C1(C)C.Cl.Cl. The summed E-state index contributed by atoms with van der Waals surface area (Å²) in [5, 5.41) is 3.22. The van der Waals surface area contributed by atoms with Gasteiger partial charge in [0.25, 0.3) is 0 Å². The number of hydrogen-bond donors (Lipinski definition) is 2. The van der Waals surface area contributed by atoms with Crippen LogP contribution in [0, 0.1) is 5.41 Å². The minimum Gasteiger partial charge on any atom is -0.378 e. The zero-order chi connectivity index (χ0) is 18.8. The first kappa shape index (κ1) is 25.2. The molecule has 2 unspecified atom stereocenters. The van der Waals surface area contributed by atoms with Crippen LogP contribution in [0.5, 0.6) is 0 Å². The fourth-order valence-corrected chi connectivity index (χ4v) is 4.21. The van der Waals surface area contributed by atoms with E-state index >= 15 is 0 Å². The van der Waals surface area contributed by atoms with Crippen LogP contribution in [0.1, 0.15) is 45.6 Å². The predicted molar refractivity (Wildman–Crippen MR) is 118 cm³/mol. The maximum Gasteiger partial charge on any atom is 0.241 e. The Labute approximate surface area is 181 Å². The third-order valence-electron chi connectivity index (χ3n) is 6.41. The Morgan fingerprint density at radius 1 is 1.21 bits per heavy atom. The van der Waals surface area contributed by atoms with Crippen LogP contribution < -0.4 is 11.1 Å². The van der Waals surface area contributed by atoms with Crippen molar-refractivity contribution in [2.24, 2.45) is 11.1 Å². The molecule has 1 aromatic carbocycles. The number of piperidine rings is 1. The van der Waals surface area contributed by atoms with Crippen LogP contribution >= 0.6 is 24.8 Å². The summed E-state index contributed by atoms with van der Waals surface area (Å²) < 4.78 is 5.73. The topological polar surface area (TPSA) is 67.6 Å². The van der Waals surface area contributed by atoms with Crippen LogP contribution in [0.3, 0.4) is 0 Å². The van der Waals surface area contributed by atoms with Crippen molar-refractivity contribution in [3.63, 3.8) is 0 Å². The number of ether oxygens (including phenoxy) is 1. The molecule has 1 amide bonds. The van der Waals surface area contributed by atoms with Gasteiger partial charge in [0.1, 0.15) is 5.54 Å². The van der Waals surface area contributed by atoms with Gasteiger partial charge >= 0.3 is 0 Å². The summed E-state index contributed by atoms with van der Waals surface area (Å²) in [6, 6.07) is 10.8. The summed E-state index contributed by atoms with van der Waals surface area (Å²) in [4.78, 5) is 15.3. The lowest BCUT2D eigenvalue weighted by atomic mass is 9.54. The van der Waals surface area contributed by atoms with Crippen LogP contribution in [0.15, 0.2) is 30.3 Å². The van der Waals surface area contributed by atoms with Gasteiger partial charge in [-0.25, -0.2) is 0 Å². The molecule has 1 aliphatic heterocycles. The summed E-state index contributed by atoms with van der Waals surface area (Å²) in [5.41, 5.74) is 6.67. The maximum absolute atomic E-state index is 12.8. The van der Waals surface area contributed by atoms with E-state index in [0.29, 0.717) is 13.0 Å². The molecular weight excluding hydrogens is 397 g/mol. The minimum absolute atomic E-state index is 0. The lowest BCUT2D eigenvalue weighted by Gasteiger charge is -2.57. The van der Waals surface area contributed by atoms with E-state index in [1.54, 1.807) is 0 Å².